The molecule has 6 heteroatoms. The minimum absolute atomic E-state index is 0.0582. The third kappa shape index (κ3) is 5.67. The van der Waals surface area contributed by atoms with Crippen molar-refractivity contribution in [1.82, 2.24) is 10.2 Å². The van der Waals surface area contributed by atoms with Crippen LogP contribution in [0.3, 0.4) is 0 Å². The zero-order chi connectivity index (χ0) is 19.1. The highest BCUT2D eigenvalue weighted by molar-refractivity contribution is 5.80. The van der Waals surface area contributed by atoms with Gasteiger partial charge < -0.3 is 20.5 Å². The molecule has 6 nitrogen and oxygen atoms in total. The number of nitrogens with two attached hydrogens (primary N) is 1. The van der Waals surface area contributed by atoms with Crippen LogP contribution in [0.2, 0.25) is 0 Å². The number of carbonyl (C=O) groups is 1. The summed E-state index contributed by atoms with van der Waals surface area (Å²) >= 11 is 0. The van der Waals surface area contributed by atoms with Crippen LogP contribution in [0.5, 0.6) is 5.75 Å². The van der Waals surface area contributed by atoms with Gasteiger partial charge in [-0.1, -0.05) is 31.0 Å². The van der Waals surface area contributed by atoms with Crippen molar-refractivity contribution >= 4 is 5.91 Å². The van der Waals surface area contributed by atoms with E-state index in [1.807, 2.05) is 31.2 Å². The number of hydrogen-bond donors (Lipinski definition) is 2. The Kier molecular flexibility index (Phi) is 7.10. The first-order chi connectivity index (χ1) is 13.1. The standard InChI is InChI=1S/C21H33N3O3/c1-21(22)9-5-4-7-18(21)20(25)23-16-17-6-2-3-8-19(17)27-15-12-24-10-13-26-14-11-24/h2-3,6,8,18H,4-5,7,9-16,22H2,1H3,(H,23,25). The van der Waals surface area contributed by atoms with Crippen LogP contribution in [0.1, 0.15) is 38.2 Å². The van der Waals surface area contributed by atoms with Crippen molar-refractivity contribution in [3.8, 4) is 5.75 Å². The molecule has 2 atom stereocenters. The largest absolute Gasteiger partial charge is 0.492 e. The molecule has 1 saturated heterocycles. The number of ether oxygens (including phenoxy) is 2. The first-order valence-electron chi connectivity index (χ1n) is 10.1. The van der Waals surface area contributed by atoms with Crippen molar-refractivity contribution in [1.29, 1.82) is 0 Å². The molecule has 1 heterocycles. The molecule has 0 radical (unpaired) electrons. The molecule has 2 fully saturated rings. The lowest BCUT2D eigenvalue weighted by Gasteiger charge is -2.37. The lowest BCUT2D eigenvalue weighted by molar-refractivity contribution is -0.128. The summed E-state index contributed by atoms with van der Waals surface area (Å²) < 4.78 is 11.4. The number of amides is 1. The Morgan fingerprint density at radius 1 is 1.33 bits per heavy atom. The van der Waals surface area contributed by atoms with E-state index in [1.54, 1.807) is 0 Å². The number of morpholine rings is 1. The fourth-order valence-electron chi connectivity index (χ4n) is 3.99. The lowest BCUT2D eigenvalue weighted by Crippen LogP contribution is -2.52. The number of nitrogens with one attached hydrogen (secondary N) is 1. The average molecular weight is 376 g/mol. The van der Waals surface area contributed by atoms with Crippen LogP contribution >= 0.6 is 0 Å². The second-order valence-corrected chi connectivity index (χ2v) is 7.93. The van der Waals surface area contributed by atoms with E-state index in [-0.39, 0.29) is 11.8 Å². The number of rotatable bonds is 7. The number of benzene rings is 1. The SMILES string of the molecule is CC1(N)CCCCC1C(=O)NCc1ccccc1OCCN1CCOCC1. The summed E-state index contributed by atoms with van der Waals surface area (Å²) in [6.07, 6.45) is 3.96. The minimum Gasteiger partial charge on any atom is -0.492 e. The van der Waals surface area contributed by atoms with E-state index in [9.17, 15) is 4.79 Å². The van der Waals surface area contributed by atoms with E-state index in [1.165, 1.54) is 0 Å². The maximum atomic E-state index is 12.7. The fourth-order valence-corrected chi connectivity index (χ4v) is 3.99. The van der Waals surface area contributed by atoms with E-state index in [0.29, 0.717) is 13.2 Å². The van der Waals surface area contributed by atoms with E-state index < -0.39 is 5.54 Å². The molecular weight excluding hydrogens is 342 g/mol. The normalized spacial score (nSPS) is 26.5. The summed E-state index contributed by atoms with van der Waals surface area (Å²) in [7, 11) is 0. The fraction of sp³-hybridized carbons (Fsp3) is 0.667. The van der Waals surface area contributed by atoms with Crippen LogP contribution in [0, 0.1) is 5.92 Å². The maximum absolute atomic E-state index is 12.7. The molecule has 1 saturated carbocycles. The van der Waals surface area contributed by atoms with E-state index in [2.05, 4.69) is 10.2 Å². The van der Waals surface area contributed by atoms with Gasteiger partial charge in [-0.05, 0) is 25.8 Å². The third-order valence-electron chi connectivity index (χ3n) is 5.77. The van der Waals surface area contributed by atoms with Gasteiger partial charge in [0.1, 0.15) is 12.4 Å². The summed E-state index contributed by atoms with van der Waals surface area (Å²) in [5.41, 5.74) is 6.96. The summed E-state index contributed by atoms with van der Waals surface area (Å²) in [6, 6.07) is 7.92. The highest BCUT2D eigenvalue weighted by atomic mass is 16.5. The summed E-state index contributed by atoms with van der Waals surface area (Å²) in [5.74, 6) is 0.786. The van der Waals surface area contributed by atoms with Crippen molar-refractivity contribution in [2.24, 2.45) is 11.7 Å². The van der Waals surface area contributed by atoms with Gasteiger partial charge in [0.05, 0.1) is 19.1 Å². The predicted molar refractivity (Wildman–Crippen MR) is 106 cm³/mol. The highest BCUT2D eigenvalue weighted by Crippen LogP contribution is 2.31. The Balaban J connectivity index is 1.50. The van der Waals surface area contributed by atoms with Crippen LogP contribution in [-0.4, -0.2) is 55.8 Å². The lowest BCUT2D eigenvalue weighted by atomic mass is 9.74. The molecule has 27 heavy (non-hydrogen) atoms. The number of hydrogen-bond acceptors (Lipinski definition) is 5. The van der Waals surface area contributed by atoms with E-state index >= 15 is 0 Å². The van der Waals surface area contributed by atoms with Gasteiger partial charge in [0, 0.05) is 37.3 Å². The van der Waals surface area contributed by atoms with E-state index in [0.717, 1.165) is 69.8 Å². The Morgan fingerprint density at radius 2 is 2.11 bits per heavy atom. The van der Waals surface area contributed by atoms with Crippen molar-refractivity contribution in [3.05, 3.63) is 29.8 Å². The molecule has 1 aromatic carbocycles. The smallest absolute Gasteiger partial charge is 0.225 e. The van der Waals surface area contributed by atoms with Crippen molar-refractivity contribution in [3.63, 3.8) is 0 Å². The highest BCUT2D eigenvalue weighted by Gasteiger charge is 2.37. The molecule has 2 aliphatic rings. The van der Waals surface area contributed by atoms with Crippen LogP contribution in [0.15, 0.2) is 24.3 Å². The second kappa shape index (κ2) is 9.53. The van der Waals surface area contributed by atoms with Crippen LogP contribution in [-0.2, 0) is 16.1 Å². The van der Waals surface area contributed by atoms with Crippen molar-refractivity contribution in [2.75, 3.05) is 39.5 Å². The Labute approximate surface area is 162 Å². The van der Waals surface area contributed by atoms with Crippen molar-refractivity contribution in [2.45, 2.75) is 44.7 Å². The first kappa shape index (κ1) is 20.1. The summed E-state index contributed by atoms with van der Waals surface area (Å²) in [6.45, 7) is 7.50. The monoisotopic (exact) mass is 375 g/mol. The molecule has 2 unspecified atom stereocenters. The molecule has 0 aromatic heterocycles. The quantitative estimate of drug-likeness (QED) is 0.761. The Hall–Kier alpha value is -1.63. The Morgan fingerprint density at radius 3 is 2.89 bits per heavy atom. The van der Waals surface area contributed by atoms with Gasteiger partial charge in [0.15, 0.2) is 0 Å². The summed E-state index contributed by atoms with van der Waals surface area (Å²) in [5, 5.41) is 3.08. The van der Waals surface area contributed by atoms with Gasteiger partial charge in [-0.25, -0.2) is 0 Å². The minimum atomic E-state index is -0.406. The number of nitrogens with zero attached hydrogens (tertiary/aromatic N) is 1. The molecule has 1 aliphatic carbocycles. The average Bonchev–Trinajstić information content (AvgIpc) is 2.67. The van der Waals surface area contributed by atoms with Crippen LogP contribution in [0.4, 0.5) is 0 Å². The number of carbonyl (C=O) groups excluding carboxylic acids is 1. The summed E-state index contributed by atoms with van der Waals surface area (Å²) in [4.78, 5) is 15.0. The first-order valence-corrected chi connectivity index (χ1v) is 10.1. The van der Waals surface area contributed by atoms with Crippen LogP contribution in [0.25, 0.3) is 0 Å². The molecule has 0 spiro atoms. The molecular formula is C21H33N3O3. The maximum Gasteiger partial charge on any atom is 0.225 e. The molecule has 3 rings (SSSR count). The molecule has 0 bridgehead atoms. The molecule has 3 N–H and O–H groups in total. The topological polar surface area (TPSA) is 76.8 Å². The third-order valence-corrected chi connectivity index (χ3v) is 5.77. The van der Waals surface area contributed by atoms with Gasteiger partial charge in [-0.15, -0.1) is 0 Å². The van der Waals surface area contributed by atoms with E-state index in [4.69, 9.17) is 15.2 Å². The predicted octanol–water partition coefficient (Wildman–Crippen LogP) is 1.92. The van der Waals surface area contributed by atoms with Gasteiger partial charge in [-0.2, -0.15) is 0 Å². The second-order valence-electron chi connectivity index (χ2n) is 7.93. The Bertz CT molecular complexity index is 614. The van der Waals surface area contributed by atoms with Gasteiger partial charge in [-0.3, -0.25) is 9.69 Å². The number of para-hydroxylation sites is 1. The molecule has 1 aliphatic heterocycles. The van der Waals surface area contributed by atoms with Gasteiger partial charge >= 0.3 is 0 Å². The van der Waals surface area contributed by atoms with Gasteiger partial charge in [0.25, 0.3) is 0 Å². The zero-order valence-corrected chi connectivity index (χ0v) is 16.4. The molecule has 150 valence electrons. The molecule has 1 aromatic rings. The zero-order valence-electron chi connectivity index (χ0n) is 16.4. The van der Waals surface area contributed by atoms with Crippen molar-refractivity contribution < 1.29 is 14.3 Å². The molecule has 1 amide bonds. The van der Waals surface area contributed by atoms with Crippen LogP contribution < -0.4 is 15.8 Å². The van der Waals surface area contributed by atoms with Gasteiger partial charge in [0.2, 0.25) is 5.91 Å².